The lowest BCUT2D eigenvalue weighted by Gasteiger charge is -2.28. The molecule has 232 valence electrons. The molecule has 0 saturated carbocycles. The standard InChI is InChI=1S/C38H41N3O4/c1-38(2,3)45-37(43)40-25-31-16-17-35(44-27-29-12-8-5-9-13-29)34(23-31)32-18-20-41(21-19-32)36(42)33-22-30(24-39-26-33)15-14-28-10-6-4-7-11-28/h4-13,16-18,22-24,26H,14-15,19-21,25,27H2,1-3H3,(H,40,43). The summed E-state index contributed by atoms with van der Waals surface area (Å²) in [6.07, 6.45) is 7.55. The van der Waals surface area contributed by atoms with Crippen LogP contribution in [0.5, 0.6) is 5.75 Å². The zero-order chi connectivity index (χ0) is 31.6. The van der Waals surface area contributed by atoms with Crippen LogP contribution in [0.15, 0.2) is 103 Å². The van der Waals surface area contributed by atoms with Gasteiger partial charge in [-0.15, -0.1) is 0 Å². The minimum atomic E-state index is -0.569. The predicted molar refractivity (Wildman–Crippen MR) is 177 cm³/mol. The van der Waals surface area contributed by atoms with E-state index >= 15 is 0 Å². The fourth-order valence-corrected chi connectivity index (χ4v) is 5.24. The van der Waals surface area contributed by atoms with Crippen molar-refractivity contribution in [2.24, 2.45) is 0 Å². The molecule has 2 heterocycles. The third kappa shape index (κ3) is 9.29. The predicted octanol–water partition coefficient (Wildman–Crippen LogP) is 7.40. The molecule has 0 spiro atoms. The number of aryl methyl sites for hydroxylation is 2. The number of carbonyl (C=O) groups is 2. The number of aromatic nitrogens is 1. The number of amides is 2. The SMILES string of the molecule is CC(C)(C)OC(=O)NCc1ccc(OCc2ccccc2)c(C2=CCN(C(=O)c3cncc(CCc4ccccc4)c3)CC2)c1. The van der Waals surface area contributed by atoms with Gasteiger partial charge in [-0.3, -0.25) is 9.78 Å². The van der Waals surface area contributed by atoms with E-state index in [4.69, 9.17) is 9.47 Å². The largest absolute Gasteiger partial charge is 0.488 e. The Morgan fingerprint density at radius 2 is 1.56 bits per heavy atom. The smallest absolute Gasteiger partial charge is 0.407 e. The summed E-state index contributed by atoms with van der Waals surface area (Å²) in [7, 11) is 0. The molecule has 0 saturated heterocycles. The average molecular weight is 604 g/mol. The molecule has 0 atom stereocenters. The number of hydrogen-bond donors (Lipinski definition) is 1. The Balaban J connectivity index is 1.28. The zero-order valence-corrected chi connectivity index (χ0v) is 26.3. The minimum Gasteiger partial charge on any atom is -0.488 e. The average Bonchev–Trinajstić information content (AvgIpc) is 3.06. The number of nitrogens with one attached hydrogen (secondary N) is 1. The van der Waals surface area contributed by atoms with Crippen LogP contribution in [0.4, 0.5) is 4.79 Å². The first kappa shape index (κ1) is 31.5. The Labute approximate surface area is 265 Å². The monoisotopic (exact) mass is 603 g/mol. The third-order valence-corrected chi connectivity index (χ3v) is 7.55. The lowest BCUT2D eigenvalue weighted by molar-refractivity contribution is 0.0523. The van der Waals surface area contributed by atoms with Crippen LogP contribution in [0.2, 0.25) is 0 Å². The molecule has 0 aliphatic carbocycles. The Hall–Kier alpha value is -4.91. The van der Waals surface area contributed by atoms with E-state index in [0.717, 1.165) is 46.4 Å². The molecule has 7 nitrogen and oxygen atoms in total. The highest BCUT2D eigenvalue weighted by Gasteiger charge is 2.22. The molecule has 3 aromatic carbocycles. The van der Waals surface area contributed by atoms with Crippen molar-refractivity contribution in [1.29, 1.82) is 0 Å². The second kappa shape index (κ2) is 14.7. The summed E-state index contributed by atoms with van der Waals surface area (Å²) in [6.45, 7) is 7.35. The Bertz CT molecular complexity index is 1630. The Morgan fingerprint density at radius 3 is 2.24 bits per heavy atom. The number of rotatable bonds is 10. The van der Waals surface area contributed by atoms with Gasteiger partial charge in [0.05, 0.1) is 5.56 Å². The number of alkyl carbamates (subject to hydrolysis) is 1. The van der Waals surface area contributed by atoms with E-state index in [1.54, 1.807) is 6.20 Å². The second-order valence-electron chi connectivity index (χ2n) is 12.3. The van der Waals surface area contributed by atoms with Crippen LogP contribution in [0, 0.1) is 0 Å². The van der Waals surface area contributed by atoms with Gasteiger partial charge in [0, 0.05) is 37.6 Å². The van der Waals surface area contributed by atoms with E-state index in [1.165, 1.54) is 5.56 Å². The second-order valence-corrected chi connectivity index (χ2v) is 12.3. The summed E-state index contributed by atoms with van der Waals surface area (Å²) in [4.78, 5) is 32.0. The maximum Gasteiger partial charge on any atom is 0.407 e. The fraction of sp³-hybridized carbons (Fsp3) is 0.289. The molecule has 0 unspecified atom stereocenters. The van der Waals surface area contributed by atoms with Gasteiger partial charge in [0.25, 0.3) is 5.91 Å². The molecule has 0 radical (unpaired) electrons. The van der Waals surface area contributed by atoms with Gasteiger partial charge >= 0.3 is 6.09 Å². The Morgan fingerprint density at radius 1 is 0.844 bits per heavy atom. The summed E-state index contributed by atoms with van der Waals surface area (Å²) in [6, 6.07) is 28.3. The van der Waals surface area contributed by atoms with Gasteiger partial charge in [-0.05, 0) is 86.1 Å². The zero-order valence-electron chi connectivity index (χ0n) is 26.3. The van der Waals surface area contributed by atoms with Crippen molar-refractivity contribution in [2.45, 2.75) is 58.8 Å². The molecule has 5 rings (SSSR count). The molecule has 0 fully saturated rings. The molecule has 1 aliphatic rings. The van der Waals surface area contributed by atoms with Crippen LogP contribution in [0.3, 0.4) is 0 Å². The highest BCUT2D eigenvalue weighted by atomic mass is 16.6. The summed E-state index contributed by atoms with van der Waals surface area (Å²) >= 11 is 0. The van der Waals surface area contributed by atoms with E-state index in [0.29, 0.717) is 38.2 Å². The van der Waals surface area contributed by atoms with Crippen molar-refractivity contribution in [2.75, 3.05) is 13.1 Å². The quantitative estimate of drug-likeness (QED) is 0.204. The van der Waals surface area contributed by atoms with Crippen LogP contribution in [-0.2, 0) is 30.7 Å². The number of benzene rings is 3. The van der Waals surface area contributed by atoms with E-state index in [-0.39, 0.29) is 5.91 Å². The highest BCUT2D eigenvalue weighted by Crippen LogP contribution is 2.32. The van der Waals surface area contributed by atoms with E-state index in [1.807, 2.05) is 98.6 Å². The molecule has 1 aromatic heterocycles. The molecule has 4 aromatic rings. The first-order valence-electron chi connectivity index (χ1n) is 15.5. The van der Waals surface area contributed by atoms with Crippen LogP contribution in [-0.4, -0.2) is 40.6 Å². The van der Waals surface area contributed by atoms with Gasteiger partial charge in [0.2, 0.25) is 0 Å². The minimum absolute atomic E-state index is 0.0183. The van der Waals surface area contributed by atoms with Crippen molar-refractivity contribution < 1.29 is 19.1 Å². The van der Waals surface area contributed by atoms with Crippen molar-refractivity contribution >= 4 is 17.6 Å². The van der Waals surface area contributed by atoms with E-state index in [2.05, 4.69) is 34.6 Å². The highest BCUT2D eigenvalue weighted by molar-refractivity contribution is 5.94. The maximum atomic E-state index is 13.5. The van der Waals surface area contributed by atoms with Crippen LogP contribution >= 0.6 is 0 Å². The number of hydrogen-bond acceptors (Lipinski definition) is 5. The number of pyridine rings is 1. The first-order valence-corrected chi connectivity index (χ1v) is 15.5. The summed E-state index contributed by atoms with van der Waals surface area (Å²) in [5.74, 6) is 0.747. The molecular formula is C38H41N3O4. The normalized spacial score (nSPS) is 13.1. The van der Waals surface area contributed by atoms with Crippen molar-refractivity contribution in [3.05, 3.63) is 137 Å². The third-order valence-electron chi connectivity index (χ3n) is 7.55. The van der Waals surface area contributed by atoms with Crippen molar-refractivity contribution in [3.8, 4) is 5.75 Å². The van der Waals surface area contributed by atoms with Crippen molar-refractivity contribution in [1.82, 2.24) is 15.2 Å². The molecule has 2 amide bonds. The molecule has 1 aliphatic heterocycles. The van der Waals surface area contributed by atoms with E-state index < -0.39 is 11.7 Å². The Kier molecular flexibility index (Phi) is 10.3. The lowest BCUT2D eigenvalue weighted by atomic mass is 9.96. The van der Waals surface area contributed by atoms with Gasteiger partial charge in [0.1, 0.15) is 18.0 Å². The number of ether oxygens (including phenoxy) is 2. The molecule has 7 heteroatoms. The van der Waals surface area contributed by atoms with Gasteiger partial charge in [-0.25, -0.2) is 4.79 Å². The van der Waals surface area contributed by atoms with Crippen LogP contribution < -0.4 is 10.1 Å². The molecule has 1 N–H and O–H groups in total. The van der Waals surface area contributed by atoms with Gasteiger partial charge in [-0.1, -0.05) is 72.8 Å². The van der Waals surface area contributed by atoms with Gasteiger partial charge < -0.3 is 19.7 Å². The lowest BCUT2D eigenvalue weighted by Crippen LogP contribution is -2.34. The summed E-state index contributed by atoms with van der Waals surface area (Å²) in [5.41, 5.74) is 6.44. The number of nitrogens with zero attached hydrogens (tertiary/aromatic N) is 2. The molecular weight excluding hydrogens is 562 g/mol. The molecule has 45 heavy (non-hydrogen) atoms. The topological polar surface area (TPSA) is 80.8 Å². The molecule has 0 bridgehead atoms. The van der Waals surface area contributed by atoms with Crippen LogP contribution in [0.1, 0.15) is 65.4 Å². The van der Waals surface area contributed by atoms with E-state index in [9.17, 15) is 9.59 Å². The first-order chi connectivity index (χ1) is 21.7. The van der Waals surface area contributed by atoms with Gasteiger partial charge in [0.15, 0.2) is 0 Å². The maximum absolute atomic E-state index is 13.5. The summed E-state index contributed by atoms with van der Waals surface area (Å²) in [5, 5.41) is 2.85. The van der Waals surface area contributed by atoms with Crippen molar-refractivity contribution in [3.63, 3.8) is 0 Å². The number of carbonyl (C=O) groups excluding carboxylic acids is 2. The fourth-order valence-electron chi connectivity index (χ4n) is 5.24. The van der Waals surface area contributed by atoms with Crippen LogP contribution in [0.25, 0.3) is 5.57 Å². The van der Waals surface area contributed by atoms with Gasteiger partial charge in [-0.2, -0.15) is 0 Å². The summed E-state index contributed by atoms with van der Waals surface area (Å²) < 4.78 is 11.7.